The number of carbonyl (C=O) groups is 2. The molecule has 1 saturated heterocycles. The van der Waals surface area contributed by atoms with Gasteiger partial charge in [-0.1, -0.05) is 0 Å². The second-order valence-electron chi connectivity index (χ2n) is 6.21. The van der Waals surface area contributed by atoms with Gasteiger partial charge in [-0.15, -0.1) is 12.4 Å². The van der Waals surface area contributed by atoms with Gasteiger partial charge >= 0.3 is 0 Å². The summed E-state index contributed by atoms with van der Waals surface area (Å²) < 4.78 is 0. The summed E-state index contributed by atoms with van der Waals surface area (Å²) in [4.78, 5) is 25.7. The van der Waals surface area contributed by atoms with Crippen molar-refractivity contribution in [1.82, 2.24) is 5.32 Å². The van der Waals surface area contributed by atoms with Gasteiger partial charge in [-0.2, -0.15) is 0 Å². The number of nitrogens with zero attached hydrogens (tertiary/aromatic N) is 1. The second-order valence-corrected chi connectivity index (χ2v) is 6.21. The standard InChI is InChI=1S/C16H21N3O2.ClH/c1-11(20)19-8-5-12-9-13(3-4-14(12)19)18-15(21)16(2)6-7-17-10-16;/h3-4,9,17H,5-8,10H2,1-2H3,(H,18,21);1H. The first-order valence-electron chi connectivity index (χ1n) is 7.43. The van der Waals surface area contributed by atoms with E-state index in [9.17, 15) is 9.59 Å². The first kappa shape index (κ1) is 16.8. The lowest BCUT2D eigenvalue weighted by Gasteiger charge is -2.22. The van der Waals surface area contributed by atoms with E-state index in [0.29, 0.717) is 0 Å². The first-order valence-corrected chi connectivity index (χ1v) is 7.43. The number of carbonyl (C=O) groups excluding carboxylic acids is 2. The minimum absolute atomic E-state index is 0. The zero-order chi connectivity index (χ0) is 15.0. The number of hydrogen-bond donors (Lipinski definition) is 2. The van der Waals surface area contributed by atoms with Gasteiger partial charge in [0.1, 0.15) is 0 Å². The molecule has 3 rings (SSSR count). The van der Waals surface area contributed by atoms with Crippen LogP contribution in [0.15, 0.2) is 18.2 Å². The molecule has 2 aliphatic heterocycles. The summed E-state index contributed by atoms with van der Waals surface area (Å²) in [6, 6.07) is 5.79. The molecule has 1 atom stereocenters. The van der Waals surface area contributed by atoms with E-state index in [4.69, 9.17) is 0 Å². The average molecular weight is 324 g/mol. The summed E-state index contributed by atoms with van der Waals surface area (Å²) in [5, 5.41) is 6.25. The number of anilines is 2. The molecule has 1 unspecified atom stereocenters. The molecule has 22 heavy (non-hydrogen) atoms. The molecule has 5 nitrogen and oxygen atoms in total. The number of amides is 2. The predicted molar refractivity (Wildman–Crippen MR) is 89.6 cm³/mol. The molecule has 2 N–H and O–H groups in total. The van der Waals surface area contributed by atoms with Crippen LogP contribution < -0.4 is 15.5 Å². The molecule has 0 radical (unpaired) electrons. The van der Waals surface area contributed by atoms with E-state index in [0.717, 1.165) is 49.4 Å². The van der Waals surface area contributed by atoms with E-state index in [1.54, 1.807) is 11.8 Å². The van der Waals surface area contributed by atoms with E-state index in [-0.39, 0.29) is 29.6 Å². The van der Waals surface area contributed by atoms with Crippen LogP contribution in [-0.2, 0) is 16.0 Å². The molecule has 0 aliphatic carbocycles. The third kappa shape index (κ3) is 2.96. The number of nitrogens with one attached hydrogen (secondary N) is 2. The molecule has 2 heterocycles. The summed E-state index contributed by atoms with van der Waals surface area (Å²) in [6.45, 7) is 5.92. The lowest BCUT2D eigenvalue weighted by atomic mass is 9.88. The number of halogens is 1. The minimum atomic E-state index is -0.329. The summed E-state index contributed by atoms with van der Waals surface area (Å²) in [7, 11) is 0. The maximum absolute atomic E-state index is 12.4. The molecule has 1 fully saturated rings. The molecule has 120 valence electrons. The van der Waals surface area contributed by atoms with Crippen LogP contribution in [0.25, 0.3) is 0 Å². The number of benzene rings is 1. The monoisotopic (exact) mass is 323 g/mol. The Morgan fingerprint density at radius 3 is 2.77 bits per heavy atom. The Bertz CT molecular complexity index is 597. The van der Waals surface area contributed by atoms with Crippen LogP contribution in [0.5, 0.6) is 0 Å². The van der Waals surface area contributed by atoms with Gasteiger partial charge < -0.3 is 15.5 Å². The highest BCUT2D eigenvalue weighted by molar-refractivity contribution is 5.97. The summed E-state index contributed by atoms with van der Waals surface area (Å²) in [6.07, 6.45) is 1.71. The van der Waals surface area contributed by atoms with Crippen molar-refractivity contribution in [3.63, 3.8) is 0 Å². The molecule has 1 aromatic carbocycles. The molecule has 1 aromatic rings. The maximum Gasteiger partial charge on any atom is 0.231 e. The topological polar surface area (TPSA) is 61.4 Å². The molecule has 2 amide bonds. The van der Waals surface area contributed by atoms with Crippen molar-refractivity contribution in [2.75, 3.05) is 29.9 Å². The normalized spacial score (nSPS) is 22.9. The van der Waals surface area contributed by atoms with E-state index in [1.807, 2.05) is 25.1 Å². The fourth-order valence-corrected chi connectivity index (χ4v) is 3.10. The van der Waals surface area contributed by atoms with Crippen LogP contribution in [0, 0.1) is 5.41 Å². The quantitative estimate of drug-likeness (QED) is 0.874. The Morgan fingerprint density at radius 2 is 2.14 bits per heavy atom. The van der Waals surface area contributed by atoms with E-state index in [1.165, 1.54) is 0 Å². The second kappa shape index (κ2) is 6.26. The Balaban J connectivity index is 0.00000176. The first-order chi connectivity index (χ1) is 9.99. The molecule has 0 spiro atoms. The maximum atomic E-state index is 12.4. The third-order valence-electron chi connectivity index (χ3n) is 4.53. The smallest absolute Gasteiger partial charge is 0.231 e. The van der Waals surface area contributed by atoms with Crippen LogP contribution in [0.4, 0.5) is 11.4 Å². The van der Waals surface area contributed by atoms with Gasteiger partial charge in [0.05, 0.1) is 5.41 Å². The van der Waals surface area contributed by atoms with Crippen molar-refractivity contribution < 1.29 is 9.59 Å². The van der Waals surface area contributed by atoms with Crippen LogP contribution in [-0.4, -0.2) is 31.4 Å². The SMILES string of the molecule is CC(=O)N1CCc2cc(NC(=O)C3(C)CCNC3)ccc21.Cl. The largest absolute Gasteiger partial charge is 0.326 e. The highest BCUT2D eigenvalue weighted by Crippen LogP contribution is 2.32. The highest BCUT2D eigenvalue weighted by Gasteiger charge is 2.36. The van der Waals surface area contributed by atoms with Crippen LogP contribution >= 0.6 is 12.4 Å². The fraction of sp³-hybridized carbons (Fsp3) is 0.500. The Labute approximate surface area is 136 Å². The zero-order valence-electron chi connectivity index (χ0n) is 12.9. The van der Waals surface area contributed by atoms with Gasteiger partial charge in [0, 0.05) is 31.4 Å². The Morgan fingerprint density at radius 1 is 1.36 bits per heavy atom. The van der Waals surface area contributed by atoms with Crippen molar-refractivity contribution in [2.24, 2.45) is 5.41 Å². The van der Waals surface area contributed by atoms with Gasteiger partial charge in [-0.05, 0) is 50.1 Å². The van der Waals surface area contributed by atoms with Crippen molar-refractivity contribution in [2.45, 2.75) is 26.7 Å². The summed E-state index contributed by atoms with van der Waals surface area (Å²) in [5.74, 6) is 0.129. The molecule has 6 heteroatoms. The fourth-order valence-electron chi connectivity index (χ4n) is 3.10. The van der Waals surface area contributed by atoms with Gasteiger partial charge in [-0.25, -0.2) is 0 Å². The molecular weight excluding hydrogens is 302 g/mol. The van der Waals surface area contributed by atoms with E-state index < -0.39 is 0 Å². The average Bonchev–Trinajstić information content (AvgIpc) is 3.05. The number of fused-ring (bicyclic) bond motifs is 1. The summed E-state index contributed by atoms with van der Waals surface area (Å²) >= 11 is 0. The van der Waals surface area contributed by atoms with Crippen LogP contribution in [0.3, 0.4) is 0 Å². The Kier molecular flexibility index (Phi) is 4.78. The molecule has 0 bridgehead atoms. The third-order valence-corrected chi connectivity index (χ3v) is 4.53. The Hall–Kier alpha value is -1.59. The lowest BCUT2D eigenvalue weighted by Crippen LogP contribution is -2.35. The van der Waals surface area contributed by atoms with E-state index in [2.05, 4.69) is 10.6 Å². The molecule has 0 aromatic heterocycles. The molecule has 2 aliphatic rings. The van der Waals surface area contributed by atoms with Crippen molar-refractivity contribution in [3.8, 4) is 0 Å². The zero-order valence-corrected chi connectivity index (χ0v) is 13.8. The van der Waals surface area contributed by atoms with Crippen LogP contribution in [0.1, 0.15) is 25.8 Å². The predicted octanol–water partition coefficient (Wildman–Crippen LogP) is 1.96. The van der Waals surface area contributed by atoms with Gasteiger partial charge in [0.15, 0.2) is 0 Å². The van der Waals surface area contributed by atoms with E-state index >= 15 is 0 Å². The van der Waals surface area contributed by atoms with Crippen molar-refractivity contribution >= 4 is 35.6 Å². The summed E-state index contributed by atoms with van der Waals surface area (Å²) in [5.41, 5.74) is 2.58. The van der Waals surface area contributed by atoms with Crippen molar-refractivity contribution in [3.05, 3.63) is 23.8 Å². The van der Waals surface area contributed by atoms with Gasteiger partial charge in [0.2, 0.25) is 11.8 Å². The van der Waals surface area contributed by atoms with Crippen molar-refractivity contribution in [1.29, 1.82) is 0 Å². The minimum Gasteiger partial charge on any atom is -0.326 e. The van der Waals surface area contributed by atoms with Gasteiger partial charge in [-0.3, -0.25) is 9.59 Å². The highest BCUT2D eigenvalue weighted by atomic mass is 35.5. The van der Waals surface area contributed by atoms with Crippen LogP contribution in [0.2, 0.25) is 0 Å². The number of rotatable bonds is 2. The van der Waals surface area contributed by atoms with Gasteiger partial charge in [0.25, 0.3) is 0 Å². The molecular formula is C16H22ClN3O2. The lowest BCUT2D eigenvalue weighted by molar-refractivity contribution is -0.123. The number of hydrogen-bond acceptors (Lipinski definition) is 3. The molecule has 0 saturated carbocycles.